The van der Waals surface area contributed by atoms with Crippen molar-refractivity contribution in [3.8, 4) is 0 Å². The van der Waals surface area contributed by atoms with Gasteiger partial charge in [-0.3, -0.25) is 4.79 Å². The molecule has 1 fully saturated rings. The summed E-state index contributed by atoms with van der Waals surface area (Å²) in [5.41, 5.74) is 2.33. The Morgan fingerprint density at radius 1 is 1.02 bits per heavy atom. The van der Waals surface area contributed by atoms with Crippen LogP contribution in [0.4, 0.5) is 0 Å². The molecule has 6 nitrogen and oxygen atoms in total. The summed E-state index contributed by atoms with van der Waals surface area (Å²) in [5, 5.41) is 10.7. The van der Waals surface area contributed by atoms with E-state index in [4.69, 9.17) is 14.2 Å². The highest BCUT2D eigenvalue weighted by Crippen LogP contribution is 2.34. The maximum Gasteiger partial charge on any atom is 0.338 e. The molecular formula is C35H48O6. The lowest BCUT2D eigenvalue weighted by Crippen LogP contribution is -2.41. The number of hydrogen-bond donors (Lipinski definition) is 1. The van der Waals surface area contributed by atoms with Crippen LogP contribution < -0.4 is 0 Å². The van der Waals surface area contributed by atoms with Gasteiger partial charge in [0.2, 0.25) is 0 Å². The summed E-state index contributed by atoms with van der Waals surface area (Å²) in [4.78, 5) is 25.5. The van der Waals surface area contributed by atoms with Crippen LogP contribution >= 0.6 is 0 Å². The largest absolute Gasteiger partial charge is 0.462 e. The van der Waals surface area contributed by atoms with E-state index in [2.05, 4.69) is 20.8 Å². The molecule has 1 N–H and O–H groups in total. The Hall–Kier alpha value is -2.80. The predicted octanol–water partition coefficient (Wildman–Crippen LogP) is 6.81. The van der Waals surface area contributed by atoms with Crippen molar-refractivity contribution in [3.05, 3.63) is 83.4 Å². The number of aliphatic hydroxyl groups excluding tert-OH is 1. The summed E-state index contributed by atoms with van der Waals surface area (Å²) in [6, 6.07) is 19.0. The topological polar surface area (TPSA) is 82.1 Å². The van der Waals surface area contributed by atoms with E-state index < -0.39 is 12.0 Å². The number of esters is 1. The van der Waals surface area contributed by atoms with Crippen LogP contribution in [0.5, 0.6) is 0 Å². The first-order valence-electron chi connectivity index (χ1n) is 15.1. The highest BCUT2D eigenvalue weighted by atomic mass is 16.5. The van der Waals surface area contributed by atoms with E-state index in [0.717, 1.165) is 18.4 Å². The molecular weight excluding hydrogens is 516 g/mol. The van der Waals surface area contributed by atoms with Gasteiger partial charge in [0.15, 0.2) is 5.78 Å². The minimum absolute atomic E-state index is 0.0171. The first kappa shape index (κ1) is 32.7. The summed E-state index contributed by atoms with van der Waals surface area (Å²) in [7, 11) is 0. The van der Waals surface area contributed by atoms with Crippen molar-refractivity contribution in [2.75, 3.05) is 13.2 Å². The Kier molecular flexibility index (Phi) is 13.2. The number of carbonyl (C=O) groups excluding carboxylic acids is 2. The molecule has 41 heavy (non-hydrogen) atoms. The van der Waals surface area contributed by atoms with Gasteiger partial charge in [-0.05, 0) is 61.8 Å². The van der Waals surface area contributed by atoms with E-state index in [9.17, 15) is 14.7 Å². The Bertz CT molecular complexity index is 1100. The van der Waals surface area contributed by atoms with E-state index in [0.29, 0.717) is 49.7 Å². The molecule has 3 rings (SSSR count). The second-order valence-corrected chi connectivity index (χ2v) is 11.7. The van der Waals surface area contributed by atoms with Crippen LogP contribution in [0.25, 0.3) is 0 Å². The number of aliphatic hydroxyl groups is 1. The summed E-state index contributed by atoms with van der Waals surface area (Å²) in [5.74, 6) is -0.395. The van der Waals surface area contributed by atoms with Gasteiger partial charge in [-0.1, -0.05) is 82.3 Å². The number of hydrogen-bond acceptors (Lipinski definition) is 6. The van der Waals surface area contributed by atoms with Crippen LogP contribution in [0.3, 0.4) is 0 Å². The molecule has 224 valence electrons. The molecule has 1 aliphatic rings. The van der Waals surface area contributed by atoms with E-state index >= 15 is 0 Å². The van der Waals surface area contributed by atoms with Crippen molar-refractivity contribution in [1.82, 2.24) is 0 Å². The molecule has 0 amide bonds. The van der Waals surface area contributed by atoms with Gasteiger partial charge in [0, 0.05) is 24.4 Å². The summed E-state index contributed by atoms with van der Waals surface area (Å²) < 4.78 is 17.8. The van der Waals surface area contributed by atoms with Gasteiger partial charge >= 0.3 is 5.97 Å². The number of benzene rings is 2. The SMILES string of the molecule is C/C(=C\[C@H](C)[C@H]1O[C@H]([C@H](C)COC(=O)c2ccccc2)CC[C@@H]1C)C(=O)[C@@H](C)[C@H](O)CCCOCc1ccccc1. The van der Waals surface area contributed by atoms with Crippen LogP contribution in [0.2, 0.25) is 0 Å². The second-order valence-electron chi connectivity index (χ2n) is 11.7. The van der Waals surface area contributed by atoms with E-state index in [-0.39, 0.29) is 35.8 Å². The van der Waals surface area contributed by atoms with Crippen molar-refractivity contribution in [2.24, 2.45) is 23.7 Å². The maximum atomic E-state index is 13.1. The molecule has 7 atom stereocenters. The smallest absolute Gasteiger partial charge is 0.338 e. The number of ketones is 1. The Morgan fingerprint density at radius 2 is 1.68 bits per heavy atom. The maximum absolute atomic E-state index is 13.1. The average Bonchev–Trinajstić information content (AvgIpc) is 2.99. The number of allylic oxidation sites excluding steroid dienone is 1. The fourth-order valence-corrected chi connectivity index (χ4v) is 5.54. The molecule has 6 heteroatoms. The lowest BCUT2D eigenvalue weighted by atomic mass is 9.82. The van der Waals surface area contributed by atoms with Gasteiger partial charge in [0.1, 0.15) is 0 Å². The highest BCUT2D eigenvalue weighted by Gasteiger charge is 2.35. The van der Waals surface area contributed by atoms with Crippen molar-refractivity contribution in [2.45, 2.75) is 85.2 Å². The van der Waals surface area contributed by atoms with Gasteiger partial charge < -0.3 is 19.3 Å². The number of rotatable bonds is 15. The minimum Gasteiger partial charge on any atom is -0.462 e. The quantitative estimate of drug-likeness (QED) is 0.145. The third-order valence-electron chi connectivity index (χ3n) is 8.23. The van der Waals surface area contributed by atoms with E-state index in [1.807, 2.05) is 61.5 Å². The number of carbonyl (C=O) groups is 2. The number of ether oxygens (including phenoxy) is 3. The van der Waals surface area contributed by atoms with Gasteiger partial charge in [-0.15, -0.1) is 0 Å². The molecule has 2 aromatic rings. The molecule has 0 aromatic heterocycles. The Morgan fingerprint density at radius 3 is 2.37 bits per heavy atom. The highest BCUT2D eigenvalue weighted by molar-refractivity contribution is 5.96. The normalized spacial score (nSPS) is 22.4. The van der Waals surface area contributed by atoms with E-state index in [1.165, 1.54) is 0 Å². The molecule has 1 heterocycles. The van der Waals surface area contributed by atoms with Crippen LogP contribution in [-0.2, 0) is 25.6 Å². The van der Waals surface area contributed by atoms with Crippen LogP contribution in [0.1, 0.15) is 76.2 Å². The third-order valence-corrected chi connectivity index (χ3v) is 8.23. The van der Waals surface area contributed by atoms with Crippen LogP contribution in [-0.4, -0.2) is 48.4 Å². The van der Waals surface area contributed by atoms with Gasteiger partial charge in [0.05, 0.1) is 37.1 Å². The van der Waals surface area contributed by atoms with Gasteiger partial charge in [-0.2, -0.15) is 0 Å². The van der Waals surface area contributed by atoms with Crippen molar-refractivity contribution in [3.63, 3.8) is 0 Å². The van der Waals surface area contributed by atoms with Crippen molar-refractivity contribution >= 4 is 11.8 Å². The zero-order valence-electron chi connectivity index (χ0n) is 25.3. The Labute approximate surface area is 246 Å². The lowest BCUT2D eigenvalue weighted by molar-refractivity contribution is -0.123. The fourth-order valence-electron chi connectivity index (χ4n) is 5.54. The first-order valence-corrected chi connectivity index (χ1v) is 15.1. The van der Waals surface area contributed by atoms with Crippen molar-refractivity contribution in [1.29, 1.82) is 0 Å². The number of Topliss-reactive ketones (excluding diaryl/α,β-unsaturated/α-hetero) is 1. The summed E-state index contributed by atoms with van der Waals surface area (Å²) in [6.07, 6.45) is 4.36. The molecule has 0 saturated carbocycles. The van der Waals surface area contributed by atoms with Crippen molar-refractivity contribution < 1.29 is 28.9 Å². The van der Waals surface area contributed by atoms with Crippen LogP contribution in [0.15, 0.2) is 72.3 Å². The van der Waals surface area contributed by atoms with Gasteiger partial charge in [0.25, 0.3) is 0 Å². The average molecular weight is 565 g/mol. The summed E-state index contributed by atoms with van der Waals surface area (Å²) >= 11 is 0. The lowest BCUT2D eigenvalue weighted by Gasteiger charge is -2.40. The molecule has 1 saturated heterocycles. The second kappa shape index (κ2) is 16.6. The predicted molar refractivity (Wildman–Crippen MR) is 161 cm³/mol. The zero-order valence-corrected chi connectivity index (χ0v) is 25.3. The third kappa shape index (κ3) is 10.2. The molecule has 0 bridgehead atoms. The fraction of sp³-hybridized carbons (Fsp3) is 0.543. The monoisotopic (exact) mass is 564 g/mol. The standard InChI is InChI=1S/C35H48O6/c1-24-18-19-32(27(4)22-40-35(38)30-15-10-7-11-16-30)41-34(24)26(3)21-25(2)33(37)28(5)31(36)17-12-20-39-23-29-13-8-6-9-14-29/h6-11,13-16,21,24,26-28,31-32,34,36H,12,17-20,22-23H2,1-5H3/b25-21+/t24-,26-,27+,28-,31+,32-,34-/m0/s1. The Balaban J connectivity index is 1.45. The molecule has 2 aromatic carbocycles. The summed E-state index contributed by atoms with van der Waals surface area (Å²) in [6.45, 7) is 11.4. The first-order chi connectivity index (χ1) is 19.7. The minimum atomic E-state index is -0.713. The van der Waals surface area contributed by atoms with Gasteiger partial charge in [-0.25, -0.2) is 4.79 Å². The molecule has 0 radical (unpaired) electrons. The molecule has 0 unspecified atom stereocenters. The van der Waals surface area contributed by atoms with Crippen LogP contribution in [0, 0.1) is 23.7 Å². The molecule has 0 spiro atoms. The molecule has 1 aliphatic heterocycles. The zero-order chi connectivity index (χ0) is 29.8. The van der Waals surface area contributed by atoms with E-state index in [1.54, 1.807) is 19.1 Å². The molecule has 0 aliphatic carbocycles.